The molecule has 28 heavy (non-hydrogen) atoms. The number of thiophene rings is 1. The Labute approximate surface area is 174 Å². The Morgan fingerprint density at radius 2 is 2.14 bits per heavy atom. The Bertz CT molecular complexity index is 1170. The lowest BCUT2D eigenvalue weighted by atomic mass is 9.86. The highest BCUT2D eigenvalue weighted by molar-refractivity contribution is 7.98. The van der Waals surface area contributed by atoms with E-state index in [-0.39, 0.29) is 11.7 Å². The number of benzene rings is 1. The fourth-order valence-electron chi connectivity index (χ4n) is 3.42. The summed E-state index contributed by atoms with van der Waals surface area (Å²) < 4.78 is 1.61. The minimum atomic E-state index is 0.123. The maximum Gasteiger partial charge on any atom is 0.253 e. The zero-order chi connectivity index (χ0) is 19.1. The molecular weight excluding hydrogens is 412 g/mol. The number of rotatable bonds is 4. The molecule has 3 aromatic heterocycles. The van der Waals surface area contributed by atoms with Crippen LogP contribution in [0.15, 0.2) is 53.1 Å². The van der Waals surface area contributed by atoms with Crippen LogP contribution in [0.3, 0.4) is 0 Å². The number of hydrogen-bond donors (Lipinski definition) is 0. The molecule has 5 nitrogen and oxygen atoms in total. The number of carbonyl (C=O) groups is 1. The fraction of sp³-hybridized carbons (Fsp3) is 0.200. The topological polar surface area (TPSA) is 60.2 Å². The zero-order valence-electron chi connectivity index (χ0n) is 14.7. The van der Waals surface area contributed by atoms with Crippen LogP contribution in [0.1, 0.15) is 38.8 Å². The van der Waals surface area contributed by atoms with E-state index in [9.17, 15) is 4.79 Å². The van der Waals surface area contributed by atoms with Crippen molar-refractivity contribution in [1.29, 1.82) is 0 Å². The molecule has 0 radical (unpaired) electrons. The summed E-state index contributed by atoms with van der Waals surface area (Å²) in [5.41, 5.74) is 2.59. The molecule has 4 aromatic rings. The molecule has 0 amide bonds. The molecule has 140 valence electrons. The molecule has 1 aromatic carbocycles. The largest absolute Gasteiger partial charge is 0.294 e. The van der Waals surface area contributed by atoms with Crippen molar-refractivity contribution in [2.75, 3.05) is 0 Å². The van der Waals surface area contributed by atoms with Gasteiger partial charge in [0.1, 0.15) is 0 Å². The van der Waals surface area contributed by atoms with Gasteiger partial charge in [0.05, 0.1) is 11.3 Å². The highest BCUT2D eigenvalue weighted by atomic mass is 35.5. The summed E-state index contributed by atoms with van der Waals surface area (Å²) in [5.74, 6) is 1.58. The second-order valence-electron chi connectivity index (χ2n) is 6.70. The predicted molar refractivity (Wildman–Crippen MR) is 112 cm³/mol. The molecule has 0 spiro atoms. The smallest absolute Gasteiger partial charge is 0.253 e. The highest BCUT2D eigenvalue weighted by Crippen LogP contribution is 2.34. The molecule has 1 aliphatic carbocycles. The minimum absolute atomic E-state index is 0.123. The molecule has 1 atom stereocenters. The highest BCUT2D eigenvalue weighted by Gasteiger charge is 2.29. The fourth-order valence-corrected chi connectivity index (χ4v) is 5.24. The van der Waals surface area contributed by atoms with Crippen LogP contribution in [0.2, 0.25) is 5.02 Å². The molecule has 0 bridgehead atoms. The summed E-state index contributed by atoms with van der Waals surface area (Å²) in [6, 6.07) is 11.9. The van der Waals surface area contributed by atoms with E-state index in [0.717, 1.165) is 23.4 Å². The van der Waals surface area contributed by atoms with Crippen molar-refractivity contribution in [2.45, 2.75) is 29.7 Å². The molecule has 3 heterocycles. The Balaban J connectivity index is 1.41. The van der Waals surface area contributed by atoms with Gasteiger partial charge in [0.2, 0.25) is 5.16 Å². The van der Waals surface area contributed by atoms with Crippen molar-refractivity contribution in [3.05, 3.63) is 74.7 Å². The summed E-state index contributed by atoms with van der Waals surface area (Å²) in [5, 5.41) is 7.89. The molecule has 0 aliphatic heterocycles. The van der Waals surface area contributed by atoms with Crippen molar-refractivity contribution in [2.24, 2.45) is 0 Å². The maximum atomic E-state index is 12.7. The average molecular weight is 427 g/mol. The van der Waals surface area contributed by atoms with E-state index in [4.69, 9.17) is 11.6 Å². The second-order valence-corrected chi connectivity index (χ2v) is 9.06. The lowest BCUT2D eigenvalue weighted by Crippen LogP contribution is -2.20. The summed E-state index contributed by atoms with van der Waals surface area (Å²) in [6.07, 6.45) is 3.06. The van der Waals surface area contributed by atoms with Crippen molar-refractivity contribution in [3.8, 4) is 0 Å². The number of carbonyl (C=O) groups excluding carboxylic acids is 1. The first-order chi connectivity index (χ1) is 13.7. The van der Waals surface area contributed by atoms with E-state index < -0.39 is 0 Å². The zero-order valence-corrected chi connectivity index (χ0v) is 17.1. The van der Waals surface area contributed by atoms with Crippen molar-refractivity contribution in [3.63, 3.8) is 0 Å². The van der Waals surface area contributed by atoms with Crippen LogP contribution in [0.4, 0.5) is 0 Å². The third-order valence-corrected chi connectivity index (χ3v) is 6.94. The maximum absolute atomic E-state index is 12.7. The van der Waals surface area contributed by atoms with Crippen molar-refractivity contribution in [1.82, 2.24) is 19.6 Å². The van der Waals surface area contributed by atoms with Crippen LogP contribution >= 0.6 is 34.7 Å². The monoisotopic (exact) mass is 426 g/mol. The molecule has 5 rings (SSSR count). The van der Waals surface area contributed by atoms with Gasteiger partial charge in [0, 0.05) is 34.2 Å². The van der Waals surface area contributed by atoms with Crippen LogP contribution < -0.4 is 0 Å². The van der Waals surface area contributed by atoms with Gasteiger partial charge >= 0.3 is 0 Å². The number of hydrogen-bond acceptors (Lipinski definition) is 6. The van der Waals surface area contributed by atoms with E-state index in [0.29, 0.717) is 27.9 Å². The van der Waals surface area contributed by atoms with Gasteiger partial charge in [-0.2, -0.15) is 4.98 Å². The van der Waals surface area contributed by atoms with Gasteiger partial charge in [-0.1, -0.05) is 41.6 Å². The number of thioether (sulfide) groups is 1. The summed E-state index contributed by atoms with van der Waals surface area (Å²) in [4.78, 5) is 23.1. The van der Waals surface area contributed by atoms with Gasteiger partial charge in [-0.3, -0.25) is 4.79 Å². The quantitative estimate of drug-likeness (QED) is 0.427. The molecule has 0 fully saturated rings. The van der Waals surface area contributed by atoms with Gasteiger partial charge in [-0.05, 0) is 35.6 Å². The van der Waals surface area contributed by atoms with E-state index in [1.807, 2.05) is 35.7 Å². The Morgan fingerprint density at radius 1 is 1.21 bits per heavy atom. The normalized spacial score (nSPS) is 16.5. The van der Waals surface area contributed by atoms with Crippen molar-refractivity contribution >= 4 is 46.3 Å². The summed E-state index contributed by atoms with van der Waals surface area (Å²) in [7, 11) is 0. The molecule has 8 heteroatoms. The number of nitrogens with zero attached hydrogens (tertiary/aromatic N) is 4. The molecule has 0 saturated carbocycles. The van der Waals surface area contributed by atoms with Gasteiger partial charge in [-0.25, -0.2) is 9.50 Å². The summed E-state index contributed by atoms with van der Waals surface area (Å²) in [6.45, 7) is 0. The van der Waals surface area contributed by atoms with Gasteiger partial charge < -0.3 is 0 Å². The first-order valence-corrected chi connectivity index (χ1v) is 11.1. The second kappa shape index (κ2) is 7.31. The van der Waals surface area contributed by atoms with Crippen LogP contribution in [-0.2, 0) is 12.2 Å². The van der Waals surface area contributed by atoms with E-state index in [1.54, 1.807) is 22.0 Å². The number of fused-ring (bicyclic) bond motifs is 2. The third kappa shape index (κ3) is 3.45. The molecule has 1 unspecified atom stereocenters. The Kier molecular flexibility index (Phi) is 4.66. The first kappa shape index (κ1) is 17.8. The Hall–Kier alpha value is -2.22. The lowest BCUT2D eigenvalue weighted by molar-refractivity contribution is 0.0963. The van der Waals surface area contributed by atoms with Crippen LogP contribution in [0.5, 0.6) is 0 Å². The SMILES string of the molecule is O=C1CC(c2cccs2)Cc2nc3nc(SCc4cccc(Cl)c4)nn3cc21. The van der Waals surface area contributed by atoms with Gasteiger partial charge in [0.25, 0.3) is 5.78 Å². The standard InChI is InChI=1S/C20H15ClN4OS2/c21-14-4-1-3-12(7-14)11-28-20-23-19-22-16-8-13(18-5-2-6-27-18)9-17(26)15(16)10-25(19)24-20/h1-7,10,13H,8-9,11H2. The lowest BCUT2D eigenvalue weighted by Gasteiger charge is -2.21. The van der Waals surface area contributed by atoms with E-state index >= 15 is 0 Å². The van der Waals surface area contributed by atoms with Gasteiger partial charge in [-0.15, -0.1) is 16.4 Å². The number of halogens is 1. The van der Waals surface area contributed by atoms with Crippen LogP contribution in [0.25, 0.3) is 5.78 Å². The van der Waals surface area contributed by atoms with Crippen LogP contribution in [-0.4, -0.2) is 25.4 Å². The predicted octanol–water partition coefficient (Wildman–Crippen LogP) is 5.04. The summed E-state index contributed by atoms with van der Waals surface area (Å²) >= 11 is 9.26. The molecule has 1 aliphatic rings. The Morgan fingerprint density at radius 3 is 2.96 bits per heavy atom. The van der Waals surface area contributed by atoms with Crippen LogP contribution in [0, 0.1) is 0 Å². The van der Waals surface area contributed by atoms with Gasteiger partial charge in [0.15, 0.2) is 5.78 Å². The third-order valence-electron chi connectivity index (χ3n) is 4.77. The minimum Gasteiger partial charge on any atom is -0.294 e. The number of ketones is 1. The first-order valence-electron chi connectivity index (χ1n) is 8.86. The average Bonchev–Trinajstić information content (AvgIpc) is 3.34. The van der Waals surface area contributed by atoms with E-state index in [2.05, 4.69) is 21.1 Å². The molecular formula is C20H15ClN4OS2. The van der Waals surface area contributed by atoms with Crippen molar-refractivity contribution < 1.29 is 4.79 Å². The number of aromatic nitrogens is 4. The van der Waals surface area contributed by atoms with E-state index in [1.165, 1.54) is 16.6 Å². The number of Topliss-reactive ketones (excluding diaryl/α,β-unsaturated/α-hetero) is 1. The molecule has 0 saturated heterocycles. The molecule has 0 N–H and O–H groups in total.